The fraction of sp³-hybridized carbons (Fsp3) is 0.625. The molecule has 0 bridgehead atoms. The van der Waals surface area contributed by atoms with Crippen molar-refractivity contribution in [2.75, 3.05) is 5.75 Å². The summed E-state index contributed by atoms with van der Waals surface area (Å²) in [6.45, 7) is 4.19. The highest BCUT2D eigenvalue weighted by molar-refractivity contribution is 8.13. The Morgan fingerprint density at radius 3 is 2.81 bits per heavy atom. The van der Waals surface area contributed by atoms with Gasteiger partial charge in [0.2, 0.25) is 0 Å². The molecule has 2 nitrogen and oxygen atoms in total. The minimum absolute atomic E-state index is 0.0797. The van der Waals surface area contributed by atoms with Gasteiger partial charge in [-0.3, -0.25) is 0 Å². The Hall–Kier alpha value is -1.22. The summed E-state index contributed by atoms with van der Waals surface area (Å²) in [5.74, 6) is 3.19. The van der Waals surface area contributed by atoms with Crippen LogP contribution in [0.25, 0.3) is 0 Å². The molecule has 4 rings (SSSR count). The molecular weight excluding hydrogens is 352 g/mol. The van der Waals surface area contributed by atoms with Crippen molar-refractivity contribution in [1.29, 1.82) is 0 Å². The second kappa shape index (κ2) is 8.03. The van der Waals surface area contributed by atoms with Crippen LogP contribution in [0.15, 0.2) is 47.6 Å². The Kier molecular flexibility index (Phi) is 5.68. The lowest BCUT2D eigenvalue weighted by Gasteiger charge is -2.38. The zero-order valence-corrected chi connectivity index (χ0v) is 17.5. The molecule has 0 N–H and O–H groups in total. The molecular formula is C24H32O2S. The van der Waals surface area contributed by atoms with E-state index in [-0.39, 0.29) is 10.9 Å². The molecule has 146 valence electrons. The van der Waals surface area contributed by atoms with Crippen molar-refractivity contribution in [3.63, 3.8) is 0 Å². The molecule has 4 aliphatic carbocycles. The van der Waals surface area contributed by atoms with E-state index in [4.69, 9.17) is 4.74 Å². The number of ether oxygens (including phenoxy) is 1. The first kappa shape index (κ1) is 19.1. The summed E-state index contributed by atoms with van der Waals surface area (Å²) in [4.78, 5) is 12.5. The van der Waals surface area contributed by atoms with Crippen LogP contribution in [0.4, 0.5) is 4.79 Å². The molecule has 0 aromatic heterocycles. The van der Waals surface area contributed by atoms with Gasteiger partial charge in [-0.1, -0.05) is 49.3 Å². The first-order valence-electron chi connectivity index (χ1n) is 10.6. The molecule has 0 amide bonds. The predicted molar refractivity (Wildman–Crippen MR) is 114 cm³/mol. The van der Waals surface area contributed by atoms with Gasteiger partial charge < -0.3 is 4.74 Å². The van der Waals surface area contributed by atoms with Gasteiger partial charge in [0.15, 0.2) is 0 Å². The number of hydrogen-bond donors (Lipinski definition) is 0. The second-order valence-electron chi connectivity index (χ2n) is 9.16. The average molecular weight is 385 g/mol. The largest absolute Gasteiger partial charge is 0.451 e. The molecule has 27 heavy (non-hydrogen) atoms. The van der Waals surface area contributed by atoms with Crippen molar-refractivity contribution in [3.05, 3.63) is 47.6 Å². The van der Waals surface area contributed by atoms with Crippen molar-refractivity contribution < 1.29 is 9.53 Å². The van der Waals surface area contributed by atoms with Crippen LogP contribution >= 0.6 is 11.8 Å². The molecule has 0 saturated heterocycles. The number of carbonyl (C=O) groups is 1. The molecule has 0 heterocycles. The van der Waals surface area contributed by atoms with Gasteiger partial charge in [0.25, 0.3) is 0 Å². The zero-order chi connectivity index (χ0) is 18.9. The van der Waals surface area contributed by atoms with Gasteiger partial charge in [0.1, 0.15) is 5.60 Å². The molecule has 0 aromatic rings. The fourth-order valence-corrected chi connectivity index (χ4v) is 6.31. The van der Waals surface area contributed by atoms with Gasteiger partial charge in [0.05, 0.1) is 0 Å². The number of hydrogen-bond acceptors (Lipinski definition) is 3. The van der Waals surface area contributed by atoms with Gasteiger partial charge >= 0.3 is 5.30 Å². The summed E-state index contributed by atoms with van der Waals surface area (Å²) >= 11 is 1.40. The SMILES string of the molecule is CC(C)(OC(=O)SCC1CC=CC2=CC3=CC=CCC3CC21)C1CCCC1. The maximum absolute atomic E-state index is 12.5. The van der Waals surface area contributed by atoms with E-state index in [9.17, 15) is 4.79 Å². The highest BCUT2D eigenvalue weighted by atomic mass is 32.2. The molecule has 1 saturated carbocycles. The molecule has 0 aromatic carbocycles. The van der Waals surface area contributed by atoms with Gasteiger partial charge in [-0.05, 0) is 92.5 Å². The zero-order valence-electron chi connectivity index (χ0n) is 16.7. The number of thioether (sulfide) groups is 1. The smallest absolute Gasteiger partial charge is 0.367 e. The summed E-state index contributed by atoms with van der Waals surface area (Å²) in [7, 11) is 0. The van der Waals surface area contributed by atoms with Crippen LogP contribution in [-0.2, 0) is 4.74 Å². The van der Waals surface area contributed by atoms with Crippen molar-refractivity contribution in [1.82, 2.24) is 0 Å². The van der Waals surface area contributed by atoms with E-state index in [1.807, 2.05) is 0 Å². The lowest BCUT2D eigenvalue weighted by Crippen LogP contribution is -2.34. The van der Waals surface area contributed by atoms with Crippen LogP contribution < -0.4 is 0 Å². The molecule has 0 radical (unpaired) electrons. The molecule has 3 unspecified atom stereocenters. The fourth-order valence-electron chi connectivity index (χ4n) is 5.32. The minimum atomic E-state index is -0.322. The summed E-state index contributed by atoms with van der Waals surface area (Å²) in [5.41, 5.74) is 2.63. The minimum Gasteiger partial charge on any atom is -0.451 e. The van der Waals surface area contributed by atoms with Crippen LogP contribution in [0.1, 0.15) is 58.8 Å². The monoisotopic (exact) mass is 384 g/mol. The highest BCUT2D eigenvalue weighted by Crippen LogP contribution is 2.45. The normalized spacial score (nSPS) is 30.4. The van der Waals surface area contributed by atoms with Crippen LogP contribution in [0, 0.1) is 23.7 Å². The number of rotatable bonds is 4. The van der Waals surface area contributed by atoms with Crippen molar-refractivity contribution >= 4 is 17.1 Å². The lowest BCUT2D eigenvalue weighted by molar-refractivity contribution is 0.0108. The molecule has 3 heteroatoms. The summed E-state index contributed by atoms with van der Waals surface area (Å²) in [5, 5.41) is -0.0797. The molecule has 0 aliphatic heterocycles. The van der Waals surface area contributed by atoms with Gasteiger partial charge in [0, 0.05) is 5.75 Å². The Morgan fingerprint density at radius 1 is 1.19 bits per heavy atom. The third kappa shape index (κ3) is 4.29. The second-order valence-corrected chi connectivity index (χ2v) is 10.1. The van der Waals surface area contributed by atoms with Crippen molar-refractivity contribution in [2.24, 2.45) is 23.7 Å². The van der Waals surface area contributed by atoms with Crippen molar-refractivity contribution in [3.8, 4) is 0 Å². The summed E-state index contributed by atoms with van der Waals surface area (Å²) in [6, 6.07) is 0. The quantitative estimate of drug-likeness (QED) is 0.496. The van der Waals surface area contributed by atoms with E-state index >= 15 is 0 Å². The summed E-state index contributed by atoms with van der Waals surface area (Å²) < 4.78 is 5.91. The van der Waals surface area contributed by atoms with Gasteiger partial charge in [-0.25, -0.2) is 4.79 Å². The number of fused-ring (bicyclic) bond motifs is 2. The van der Waals surface area contributed by atoms with Crippen LogP contribution in [-0.4, -0.2) is 16.7 Å². The average Bonchev–Trinajstić information content (AvgIpc) is 3.20. The van der Waals surface area contributed by atoms with Crippen molar-refractivity contribution in [2.45, 2.75) is 64.4 Å². The maximum atomic E-state index is 12.5. The van der Waals surface area contributed by atoms with E-state index in [0.29, 0.717) is 23.7 Å². The lowest BCUT2D eigenvalue weighted by atomic mass is 9.68. The Balaban J connectivity index is 1.34. The van der Waals surface area contributed by atoms with E-state index in [0.717, 1.165) is 18.6 Å². The van der Waals surface area contributed by atoms with Gasteiger partial charge in [-0.15, -0.1) is 0 Å². The Bertz CT molecular complexity index is 691. The first-order chi connectivity index (χ1) is 13.0. The topological polar surface area (TPSA) is 26.3 Å². The Morgan fingerprint density at radius 2 is 2.00 bits per heavy atom. The van der Waals surface area contributed by atoms with Crippen LogP contribution in [0.3, 0.4) is 0 Å². The third-order valence-corrected chi connectivity index (χ3v) is 7.95. The van der Waals surface area contributed by atoms with E-state index < -0.39 is 0 Å². The number of allylic oxidation sites excluding steroid dienone is 8. The van der Waals surface area contributed by atoms with Crippen LogP contribution in [0.2, 0.25) is 0 Å². The van der Waals surface area contributed by atoms with Gasteiger partial charge in [-0.2, -0.15) is 0 Å². The molecule has 3 atom stereocenters. The van der Waals surface area contributed by atoms with E-state index in [2.05, 4.69) is 50.3 Å². The Labute approximate surface area is 168 Å². The standard InChI is InChI=1S/C24H32O2S/c1-24(2,21-12-5-6-13-21)26-23(25)27-16-20-11-7-10-19-14-17-8-3-4-9-18(17)15-22(19)20/h3-4,7-8,10,14,18,20-22H,5-6,9,11-13,15-16H2,1-2H3. The predicted octanol–water partition coefficient (Wildman–Crippen LogP) is 6.85. The van der Waals surface area contributed by atoms with Crippen LogP contribution in [0.5, 0.6) is 0 Å². The molecule has 4 aliphatic rings. The van der Waals surface area contributed by atoms with E-state index in [1.54, 1.807) is 0 Å². The maximum Gasteiger partial charge on any atom is 0.367 e. The number of carbonyl (C=O) groups excluding carboxylic acids is 1. The van der Waals surface area contributed by atoms with E-state index in [1.165, 1.54) is 55.0 Å². The summed E-state index contributed by atoms with van der Waals surface area (Å²) in [6.07, 6.45) is 22.1. The third-order valence-electron chi connectivity index (χ3n) is 7.03. The molecule has 1 fully saturated rings. The highest BCUT2D eigenvalue weighted by Gasteiger charge is 2.37. The first-order valence-corrected chi connectivity index (χ1v) is 11.6. The molecule has 0 spiro atoms.